The largest absolute Gasteiger partial charge is 0.490 e. The van der Waals surface area contributed by atoms with E-state index in [9.17, 15) is 0 Å². The molecule has 0 saturated heterocycles. The minimum absolute atomic E-state index is 0.704. The van der Waals surface area contributed by atoms with Crippen LogP contribution in [0.3, 0.4) is 0 Å². The minimum Gasteiger partial charge on any atom is -0.490 e. The lowest BCUT2D eigenvalue weighted by atomic mass is 9.97. The van der Waals surface area contributed by atoms with Crippen LogP contribution in [-0.4, -0.2) is 19.4 Å². The topological polar surface area (TPSA) is 42.3 Å². The molecule has 0 aliphatic carbocycles. The second-order valence-electron chi connectivity index (χ2n) is 8.90. The zero-order chi connectivity index (χ0) is 24.9. The Balaban J connectivity index is 1.94. The monoisotopic (exact) mass is 469 g/mol. The fourth-order valence-corrected chi connectivity index (χ4v) is 4.15. The fourth-order valence-electron chi connectivity index (χ4n) is 4.15. The standard InChI is InChI=1S/C32H39NO2/c1-4-6-10-21-34-31-18-17-29(24-32(31)35-22-11-7-5-2)28-15-12-14-27(23-28)25(3)30-16-9-8-13-26(30)19-20-33/h8-9,12-20,23-24,33H,4-7,10-11,21-22H2,1-3H3/b26-19-,30-25?,33-20?. The summed E-state index contributed by atoms with van der Waals surface area (Å²) in [5, 5.41) is 9.68. The summed E-state index contributed by atoms with van der Waals surface area (Å²) in [6, 6.07) is 23.1. The summed E-state index contributed by atoms with van der Waals surface area (Å²) in [4.78, 5) is 0. The molecule has 3 heteroatoms. The molecule has 0 spiro atoms. The molecule has 1 N–H and O–H groups in total. The predicted molar refractivity (Wildman–Crippen MR) is 149 cm³/mol. The van der Waals surface area contributed by atoms with Crippen LogP contribution < -0.4 is 19.9 Å². The molecule has 0 radical (unpaired) electrons. The van der Waals surface area contributed by atoms with Gasteiger partial charge in [0.2, 0.25) is 0 Å². The second-order valence-corrected chi connectivity index (χ2v) is 8.90. The molecule has 0 heterocycles. The van der Waals surface area contributed by atoms with Crippen molar-refractivity contribution < 1.29 is 9.47 Å². The lowest BCUT2D eigenvalue weighted by molar-refractivity contribution is 0.260. The van der Waals surface area contributed by atoms with Gasteiger partial charge in [0.05, 0.1) is 13.2 Å². The Morgan fingerprint density at radius 3 is 2.14 bits per heavy atom. The maximum Gasteiger partial charge on any atom is 0.161 e. The summed E-state index contributed by atoms with van der Waals surface area (Å²) in [7, 11) is 0. The highest BCUT2D eigenvalue weighted by Crippen LogP contribution is 2.34. The smallest absolute Gasteiger partial charge is 0.161 e. The summed E-state index contributed by atoms with van der Waals surface area (Å²) in [5.41, 5.74) is 4.61. The van der Waals surface area contributed by atoms with Gasteiger partial charge in [-0.15, -0.1) is 0 Å². The van der Waals surface area contributed by atoms with Gasteiger partial charge in [0.15, 0.2) is 11.5 Å². The van der Waals surface area contributed by atoms with Gasteiger partial charge >= 0.3 is 0 Å². The van der Waals surface area contributed by atoms with Crippen LogP contribution in [-0.2, 0) is 0 Å². The van der Waals surface area contributed by atoms with Gasteiger partial charge in [-0.2, -0.15) is 0 Å². The highest BCUT2D eigenvalue weighted by Gasteiger charge is 2.10. The van der Waals surface area contributed by atoms with Crippen LogP contribution >= 0.6 is 0 Å². The van der Waals surface area contributed by atoms with E-state index in [2.05, 4.69) is 69.3 Å². The summed E-state index contributed by atoms with van der Waals surface area (Å²) in [6.45, 7) is 7.97. The van der Waals surface area contributed by atoms with E-state index in [4.69, 9.17) is 14.9 Å². The van der Waals surface area contributed by atoms with E-state index in [-0.39, 0.29) is 0 Å². The normalized spacial score (nSPS) is 12.4. The molecule has 3 rings (SSSR count). The first kappa shape index (κ1) is 26.3. The number of ether oxygens (including phenoxy) is 2. The van der Waals surface area contributed by atoms with E-state index in [0.29, 0.717) is 13.2 Å². The third kappa shape index (κ3) is 7.58. The molecule has 3 aromatic carbocycles. The van der Waals surface area contributed by atoms with Crippen molar-refractivity contribution in [2.45, 2.75) is 59.3 Å². The van der Waals surface area contributed by atoms with Crippen molar-refractivity contribution >= 4 is 17.9 Å². The van der Waals surface area contributed by atoms with Crippen molar-refractivity contribution in [2.75, 3.05) is 13.2 Å². The van der Waals surface area contributed by atoms with E-state index in [1.54, 1.807) is 0 Å². The summed E-state index contributed by atoms with van der Waals surface area (Å²) >= 11 is 0. The van der Waals surface area contributed by atoms with Crippen LogP contribution in [0.1, 0.15) is 64.9 Å². The third-order valence-corrected chi connectivity index (χ3v) is 6.21. The quantitative estimate of drug-likeness (QED) is 0.213. The van der Waals surface area contributed by atoms with Crippen LogP contribution in [0, 0.1) is 5.41 Å². The zero-order valence-electron chi connectivity index (χ0n) is 21.5. The van der Waals surface area contributed by atoms with Crippen LogP contribution in [0.4, 0.5) is 0 Å². The molecule has 0 bridgehead atoms. The zero-order valence-corrected chi connectivity index (χ0v) is 21.5. The van der Waals surface area contributed by atoms with E-state index >= 15 is 0 Å². The Morgan fingerprint density at radius 1 is 0.743 bits per heavy atom. The Kier molecular flexibility index (Phi) is 10.6. The maximum atomic E-state index is 7.49. The maximum absolute atomic E-state index is 7.49. The van der Waals surface area contributed by atoms with Crippen molar-refractivity contribution in [3.8, 4) is 22.6 Å². The first-order chi connectivity index (χ1) is 17.2. The molecular formula is C32H39NO2. The fraction of sp³-hybridized carbons (Fsp3) is 0.344. The van der Waals surface area contributed by atoms with Gasteiger partial charge < -0.3 is 14.9 Å². The lowest BCUT2D eigenvalue weighted by Crippen LogP contribution is -2.26. The molecule has 0 saturated carbocycles. The molecule has 0 aliphatic heterocycles. The van der Waals surface area contributed by atoms with Crippen molar-refractivity contribution in [2.24, 2.45) is 0 Å². The molecule has 0 aliphatic rings. The molecule has 184 valence electrons. The van der Waals surface area contributed by atoms with Crippen LogP contribution in [0.25, 0.3) is 22.8 Å². The van der Waals surface area contributed by atoms with Gasteiger partial charge in [-0.3, -0.25) is 0 Å². The van der Waals surface area contributed by atoms with Gasteiger partial charge in [-0.1, -0.05) is 88.1 Å². The number of unbranched alkanes of at least 4 members (excludes halogenated alkanes) is 4. The number of rotatable bonds is 13. The highest BCUT2D eigenvalue weighted by molar-refractivity contribution is 5.88. The number of nitrogens with one attached hydrogen (secondary N) is 1. The Bertz CT molecular complexity index is 1210. The van der Waals surface area contributed by atoms with Crippen molar-refractivity contribution in [3.63, 3.8) is 0 Å². The molecular weight excluding hydrogens is 430 g/mol. The first-order valence-corrected chi connectivity index (χ1v) is 12.9. The van der Waals surface area contributed by atoms with Crippen LogP contribution in [0.2, 0.25) is 0 Å². The van der Waals surface area contributed by atoms with Crippen molar-refractivity contribution in [3.05, 3.63) is 82.7 Å². The SMILES string of the molecule is CCCCCOc1ccc(-c2cccc(C(C)=c3cccc/c3=C/C=N)c2)cc1OCCCCC. The minimum atomic E-state index is 0.704. The molecule has 0 amide bonds. The average Bonchev–Trinajstić information content (AvgIpc) is 2.90. The van der Waals surface area contributed by atoms with Crippen molar-refractivity contribution in [1.82, 2.24) is 0 Å². The number of hydrogen-bond acceptors (Lipinski definition) is 3. The lowest BCUT2D eigenvalue weighted by Gasteiger charge is -2.15. The predicted octanol–water partition coefficient (Wildman–Crippen LogP) is 7.14. The second kappa shape index (κ2) is 14.2. The summed E-state index contributed by atoms with van der Waals surface area (Å²) < 4.78 is 12.3. The molecule has 0 unspecified atom stereocenters. The van der Waals surface area contributed by atoms with E-state index < -0.39 is 0 Å². The van der Waals surface area contributed by atoms with E-state index in [1.165, 1.54) is 43.0 Å². The first-order valence-electron chi connectivity index (χ1n) is 12.9. The molecule has 0 fully saturated rings. The Hall–Kier alpha value is -3.33. The van der Waals surface area contributed by atoms with Crippen LogP contribution in [0.15, 0.2) is 66.7 Å². The summed E-state index contributed by atoms with van der Waals surface area (Å²) in [6.07, 6.45) is 9.98. The average molecular weight is 470 g/mol. The van der Waals surface area contributed by atoms with Gasteiger partial charge in [0, 0.05) is 6.21 Å². The molecule has 35 heavy (non-hydrogen) atoms. The molecule has 3 nitrogen and oxygen atoms in total. The number of hydrogen-bond donors (Lipinski definition) is 1. The van der Waals surface area contributed by atoms with Gasteiger partial charge in [-0.05, 0) is 76.7 Å². The number of benzene rings is 3. The molecule has 0 atom stereocenters. The van der Waals surface area contributed by atoms with Gasteiger partial charge in [0.25, 0.3) is 0 Å². The highest BCUT2D eigenvalue weighted by atomic mass is 16.5. The Labute approximate surface area is 210 Å². The van der Waals surface area contributed by atoms with Crippen LogP contribution in [0.5, 0.6) is 11.5 Å². The van der Waals surface area contributed by atoms with Gasteiger partial charge in [0.1, 0.15) is 0 Å². The molecule has 0 aromatic heterocycles. The van der Waals surface area contributed by atoms with E-state index in [0.717, 1.165) is 45.9 Å². The van der Waals surface area contributed by atoms with E-state index in [1.807, 2.05) is 24.3 Å². The third-order valence-electron chi connectivity index (χ3n) is 6.21. The molecule has 3 aromatic rings. The van der Waals surface area contributed by atoms with Crippen molar-refractivity contribution in [1.29, 1.82) is 5.41 Å². The summed E-state index contributed by atoms with van der Waals surface area (Å²) in [5.74, 6) is 1.66. The Morgan fingerprint density at radius 2 is 1.43 bits per heavy atom. The van der Waals surface area contributed by atoms with Gasteiger partial charge in [-0.25, -0.2) is 0 Å².